The van der Waals surface area contributed by atoms with Crippen LogP contribution >= 0.6 is 0 Å². The Bertz CT molecular complexity index is 3090. The smallest absolute Gasteiger partial charge is 0.185 e. The summed E-state index contributed by atoms with van der Waals surface area (Å²) < 4.78 is 0. The molecule has 0 saturated heterocycles. The Hall–Kier alpha value is -7.89. The molecule has 3 aromatic heterocycles. The summed E-state index contributed by atoms with van der Waals surface area (Å²) in [6, 6.07) is 59.4. The Balaban J connectivity index is 1.37. The summed E-state index contributed by atoms with van der Waals surface area (Å²) >= 11 is 0. The third-order valence-corrected chi connectivity index (χ3v) is 10.6. The molecule has 2 N–H and O–H groups in total. The number of hydrogen-bond donors (Lipinski definition) is 2. The number of H-pyrrole nitrogens is 2. The molecule has 0 saturated carbocycles. The molecule has 2 aliphatic rings. The molecule has 0 radical (unpaired) electrons. The number of carbonyl (C=O) groups excluding carboxylic acids is 1. The number of allylic oxidation sites excluding steroid dienone is 3. The van der Waals surface area contributed by atoms with Crippen LogP contribution in [0.15, 0.2) is 188 Å². The number of ketones is 1. The molecule has 5 heteroatoms. The molecule has 0 fully saturated rings. The van der Waals surface area contributed by atoms with Gasteiger partial charge in [0.05, 0.1) is 22.8 Å². The van der Waals surface area contributed by atoms with Crippen LogP contribution in [0, 0.1) is 0 Å². The van der Waals surface area contributed by atoms with E-state index in [0.29, 0.717) is 5.56 Å². The molecular weight excluding hydrogens is 709 g/mol. The standard InChI is InChI=1S/C53H36N4O/c58-48(35-16-6-1-7-17-35)33-26-40-34-47-51(38-22-12-4-13-23-38)45-30-29-43(55-45)49(36-18-8-2-9-19-36)41-27-28-42(54-41)50(37-20-10-3-11-21-37)44-31-32-46(56-44)52(53(40)57-47)39-24-14-5-15-25-39/h1-34,55-56H/b33-26-,49-41?,49-43?,50-42?,50-44?,51-45?,51-47?,52-46?,53-52?. The predicted molar refractivity (Wildman–Crippen MR) is 239 cm³/mol. The topological polar surface area (TPSA) is 74.4 Å². The first-order chi connectivity index (χ1) is 28.7. The number of benzene rings is 5. The predicted octanol–water partition coefficient (Wildman–Crippen LogP) is 13.1. The molecule has 5 nitrogen and oxygen atoms in total. The zero-order chi connectivity index (χ0) is 38.8. The van der Waals surface area contributed by atoms with Gasteiger partial charge >= 0.3 is 0 Å². The summed E-state index contributed by atoms with van der Waals surface area (Å²) in [5.41, 5.74) is 16.3. The van der Waals surface area contributed by atoms with Crippen LogP contribution in [0.3, 0.4) is 0 Å². The Morgan fingerprint density at radius 1 is 0.414 bits per heavy atom. The van der Waals surface area contributed by atoms with E-state index in [0.717, 1.165) is 94.9 Å². The molecule has 10 rings (SSSR count). The lowest BCUT2D eigenvalue weighted by Crippen LogP contribution is -1.94. The van der Waals surface area contributed by atoms with Gasteiger partial charge in [0.25, 0.3) is 0 Å². The average Bonchev–Trinajstić information content (AvgIpc) is 4.12. The number of nitrogens with zero attached hydrogens (tertiary/aromatic N) is 2. The normalized spacial score (nSPS) is 12.2. The van der Waals surface area contributed by atoms with Gasteiger partial charge in [0, 0.05) is 55.5 Å². The highest BCUT2D eigenvalue weighted by molar-refractivity contribution is 6.09. The van der Waals surface area contributed by atoms with Crippen LogP contribution in [0.1, 0.15) is 33.1 Å². The highest BCUT2D eigenvalue weighted by Gasteiger charge is 2.22. The SMILES string of the molecule is O=C(/C=C\C1=Cc2nc1c(-c1ccccc1)c1ccc([nH]1)c(-c1ccccc1)c1nc(c(-c3ccccc3)c3ccc([nH]3)c2-c2ccccc2)C=C1)c1ccccc1. The van der Waals surface area contributed by atoms with Crippen LogP contribution in [-0.4, -0.2) is 25.7 Å². The number of carbonyl (C=O) groups is 1. The minimum absolute atomic E-state index is 0.0788. The summed E-state index contributed by atoms with van der Waals surface area (Å²) in [5.74, 6) is -0.0788. The van der Waals surface area contributed by atoms with Crippen LogP contribution in [0.5, 0.6) is 0 Å². The number of nitrogens with one attached hydrogen (secondary N) is 2. The van der Waals surface area contributed by atoms with Gasteiger partial charge in [0.15, 0.2) is 5.78 Å². The molecule has 2 aliphatic heterocycles. The molecule has 0 amide bonds. The van der Waals surface area contributed by atoms with Crippen molar-refractivity contribution >= 4 is 51.7 Å². The molecular formula is C53H36N4O. The van der Waals surface area contributed by atoms with E-state index in [2.05, 4.69) is 125 Å². The fourth-order valence-electron chi connectivity index (χ4n) is 7.93. The highest BCUT2D eigenvalue weighted by atomic mass is 16.1. The van der Waals surface area contributed by atoms with Gasteiger partial charge in [-0.3, -0.25) is 4.79 Å². The van der Waals surface area contributed by atoms with E-state index in [1.165, 1.54) is 0 Å². The maximum Gasteiger partial charge on any atom is 0.185 e. The van der Waals surface area contributed by atoms with Crippen molar-refractivity contribution in [2.24, 2.45) is 0 Å². The molecule has 0 spiro atoms. The van der Waals surface area contributed by atoms with Crippen LogP contribution in [0.2, 0.25) is 0 Å². The second-order valence-electron chi connectivity index (χ2n) is 14.3. The molecule has 8 aromatic rings. The van der Waals surface area contributed by atoms with E-state index in [4.69, 9.17) is 9.97 Å². The Labute approximate surface area is 336 Å². The van der Waals surface area contributed by atoms with Gasteiger partial charge in [-0.25, -0.2) is 9.97 Å². The van der Waals surface area contributed by atoms with E-state index < -0.39 is 0 Å². The molecule has 5 aromatic carbocycles. The molecule has 0 aliphatic carbocycles. The lowest BCUT2D eigenvalue weighted by molar-refractivity contribution is 0.104. The lowest BCUT2D eigenvalue weighted by atomic mass is 9.98. The van der Waals surface area contributed by atoms with E-state index in [1.54, 1.807) is 6.08 Å². The zero-order valence-corrected chi connectivity index (χ0v) is 31.4. The summed E-state index contributed by atoms with van der Waals surface area (Å²) in [4.78, 5) is 32.1. The second kappa shape index (κ2) is 15.0. The number of aromatic amines is 2. The monoisotopic (exact) mass is 744 g/mol. The first-order valence-electron chi connectivity index (χ1n) is 19.4. The van der Waals surface area contributed by atoms with E-state index in [1.807, 2.05) is 84.9 Å². The highest BCUT2D eigenvalue weighted by Crippen LogP contribution is 2.40. The third kappa shape index (κ3) is 6.51. The van der Waals surface area contributed by atoms with E-state index >= 15 is 0 Å². The maximum atomic E-state index is 13.6. The summed E-state index contributed by atoms with van der Waals surface area (Å²) in [6.45, 7) is 0. The average molecular weight is 745 g/mol. The van der Waals surface area contributed by atoms with Gasteiger partial charge in [-0.1, -0.05) is 152 Å². The first kappa shape index (κ1) is 34.6. The fraction of sp³-hybridized carbons (Fsp3) is 0. The number of aromatic nitrogens is 4. The van der Waals surface area contributed by atoms with Crippen molar-refractivity contribution in [2.45, 2.75) is 0 Å². The maximum absolute atomic E-state index is 13.6. The van der Waals surface area contributed by atoms with E-state index in [9.17, 15) is 4.79 Å². The van der Waals surface area contributed by atoms with Gasteiger partial charge in [0.2, 0.25) is 0 Å². The second-order valence-corrected chi connectivity index (χ2v) is 14.3. The van der Waals surface area contributed by atoms with Gasteiger partial charge in [-0.2, -0.15) is 0 Å². The van der Waals surface area contributed by atoms with Gasteiger partial charge in [-0.15, -0.1) is 0 Å². The van der Waals surface area contributed by atoms with Crippen molar-refractivity contribution in [2.75, 3.05) is 0 Å². The van der Waals surface area contributed by atoms with Crippen LogP contribution in [0.4, 0.5) is 0 Å². The molecule has 58 heavy (non-hydrogen) atoms. The Morgan fingerprint density at radius 2 is 0.793 bits per heavy atom. The van der Waals surface area contributed by atoms with Gasteiger partial charge in [0.1, 0.15) is 0 Å². The van der Waals surface area contributed by atoms with Crippen molar-refractivity contribution in [1.82, 2.24) is 19.9 Å². The minimum Gasteiger partial charge on any atom is -0.354 e. The van der Waals surface area contributed by atoms with Crippen molar-refractivity contribution in [3.63, 3.8) is 0 Å². The molecule has 8 bridgehead atoms. The summed E-state index contributed by atoms with van der Waals surface area (Å²) in [5, 5.41) is 0. The van der Waals surface area contributed by atoms with Crippen LogP contribution in [0.25, 0.3) is 90.4 Å². The first-order valence-corrected chi connectivity index (χ1v) is 19.4. The van der Waals surface area contributed by atoms with Gasteiger partial charge in [-0.05, 0) is 76.9 Å². The third-order valence-electron chi connectivity index (χ3n) is 10.6. The van der Waals surface area contributed by atoms with Crippen molar-refractivity contribution < 1.29 is 4.79 Å². The van der Waals surface area contributed by atoms with Crippen molar-refractivity contribution in [1.29, 1.82) is 0 Å². The van der Waals surface area contributed by atoms with Crippen LogP contribution < -0.4 is 0 Å². The minimum atomic E-state index is -0.0788. The molecule has 0 unspecified atom stereocenters. The quantitative estimate of drug-likeness (QED) is 0.126. The Kier molecular flexibility index (Phi) is 8.93. The van der Waals surface area contributed by atoms with E-state index in [-0.39, 0.29) is 5.78 Å². The lowest BCUT2D eigenvalue weighted by Gasteiger charge is -2.08. The number of hydrogen-bond acceptors (Lipinski definition) is 3. The van der Waals surface area contributed by atoms with Gasteiger partial charge < -0.3 is 9.97 Å². The largest absolute Gasteiger partial charge is 0.354 e. The number of fused-ring (bicyclic) bond motifs is 8. The zero-order valence-electron chi connectivity index (χ0n) is 31.4. The molecule has 274 valence electrons. The molecule has 5 heterocycles. The number of rotatable bonds is 7. The summed E-state index contributed by atoms with van der Waals surface area (Å²) in [6.07, 6.45) is 9.89. The Morgan fingerprint density at radius 3 is 1.24 bits per heavy atom. The van der Waals surface area contributed by atoms with Crippen molar-refractivity contribution in [3.05, 3.63) is 216 Å². The van der Waals surface area contributed by atoms with Crippen molar-refractivity contribution in [3.8, 4) is 44.5 Å². The van der Waals surface area contributed by atoms with Crippen LogP contribution in [-0.2, 0) is 0 Å². The fourth-order valence-corrected chi connectivity index (χ4v) is 7.93. The summed E-state index contributed by atoms with van der Waals surface area (Å²) in [7, 11) is 0. The molecule has 0 atom stereocenters.